The lowest BCUT2D eigenvalue weighted by Crippen LogP contribution is -2.58. The summed E-state index contributed by atoms with van der Waals surface area (Å²) in [6.45, 7) is 1.21. The number of imide groups is 1. The summed E-state index contributed by atoms with van der Waals surface area (Å²) in [4.78, 5) is 40.1. The van der Waals surface area contributed by atoms with Crippen LogP contribution in [0.15, 0.2) is 18.2 Å². The number of piperidine rings is 2. The number of nitrogens with zero attached hydrogens (tertiary/aromatic N) is 2. The minimum Gasteiger partial charge on any atom is -0.379 e. The minimum absolute atomic E-state index is 0.237. The van der Waals surface area contributed by atoms with E-state index in [1.807, 2.05) is 4.90 Å². The van der Waals surface area contributed by atoms with Crippen LogP contribution in [0.3, 0.4) is 0 Å². The number of amides is 2. The quantitative estimate of drug-likeness (QED) is 0.630. The van der Waals surface area contributed by atoms with Crippen LogP contribution >= 0.6 is 0 Å². The first kappa shape index (κ1) is 17.1. The minimum atomic E-state index is -1.16. The highest BCUT2D eigenvalue weighted by Crippen LogP contribution is 2.32. The predicted molar refractivity (Wildman–Crippen MR) is 91.6 cm³/mol. The molecule has 0 aromatic heterocycles. The maximum absolute atomic E-state index is 12.9. The second-order valence-corrected chi connectivity index (χ2v) is 7.01. The zero-order chi connectivity index (χ0) is 18.4. The highest BCUT2D eigenvalue weighted by atomic mass is 16.3. The second-order valence-electron chi connectivity index (χ2n) is 7.01. The van der Waals surface area contributed by atoms with Crippen LogP contribution in [0.1, 0.15) is 46.4 Å². The van der Waals surface area contributed by atoms with Gasteiger partial charge < -0.3 is 15.1 Å². The van der Waals surface area contributed by atoms with Crippen LogP contribution in [0.4, 0.5) is 5.69 Å². The van der Waals surface area contributed by atoms with Crippen molar-refractivity contribution in [2.45, 2.75) is 44.2 Å². The van der Waals surface area contributed by atoms with Gasteiger partial charge in [0.2, 0.25) is 0 Å². The molecule has 3 atom stereocenters. The monoisotopic (exact) mass is 359 g/mol. The molecule has 0 bridgehead atoms. The SMILES string of the molecule is O=C1CCN(c2ccc3c(c2)C(=O)N(C2CCC(O)NC2O)C3=O)CC1. The van der Waals surface area contributed by atoms with Gasteiger partial charge in [-0.05, 0) is 31.0 Å². The molecule has 4 rings (SSSR count). The summed E-state index contributed by atoms with van der Waals surface area (Å²) >= 11 is 0. The normalized spacial score (nSPS) is 29.3. The second kappa shape index (κ2) is 6.46. The van der Waals surface area contributed by atoms with E-state index >= 15 is 0 Å². The van der Waals surface area contributed by atoms with Crippen LogP contribution in [-0.4, -0.2) is 64.3 Å². The van der Waals surface area contributed by atoms with Crippen LogP contribution in [-0.2, 0) is 4.79 Å². The topological polar surface area (TPSA) is 110 Å². The van der Waals surface area contributed by atoms with Crippen molar-refractivity contribution in [3.63, 3.8) is 0 Å². The average molecular weight is 359 g/mol. The summed E-state index contributed by atoms with van der Waals surface area (Å²) in [5.74, 6) is -0.615. The molecule has 2 saturated heterocycles. The van der Waals surface area contributed by atoms with Crippen molar-refractivity contribution < 1.29 is 24.6 Å². The Morgan fingerprint density at radius 1 is 0.962 bits per heavy atom. The molecule has 0 aliphatic carbocycles. The summed E-state index contributed by atoms with van der Waals surface area (Å²) in [6, 6.07) is 4.42. The first-order chi connectivity index (χ1) is 12.5. The molecule has 2 amide bonds. The van der Waals surface area contributed by atoms with Gasteiger partial charge in [-0.1, -0.05) is 0 Å². The molecule has 3 unspecified atom stereocenters. The number of ketones is 1. The van der Waals surface area contributed by atoms with E-state index in [4.69, 9.17) is 0 Å². The maximum Gasteiger partial charge on any atom is 0.262 e. The number of anilines is 1. The molecule has 3 aliphatic rings. The number of aliphatic hydroxyl groups excluding tert-OH is 2. The molecule has 0 radical (unpaired) electrons. The van der Waals surface area contributed by atoms with Gasteiger partial charge in [0.1, 0.15) is 18.2 Å². The van der Waals surface area contributed by atoms with Crippen molar-refractivity contribution >= 4 is 23.3 Å². The highest BCUT2D eigenvalue weighted by Gasteiger charge is 2.44. The number of fused-ring (bicyclic) bond motifs is 1. The fraction of sp³-hybridized carbons (Fsp3) is 0.500. The van der Waals surface area contributed by atoms with E-state index in [1.54, 1.807) is 18.2 Å². The Balaban J connectivity index is 1.59. The van der Waals surface area contributed by atoms with Crippen molar-refractivity contribution in [2.24, 2.45) is 0 Å². The maximum atomic E-state index is 12.9. The van der Waals surface area contributed by atoms with E-state index in [0.29, 0.717) is 49.9 Å². The van der Waals surface area contributed by atoms with Crippen LogP contribution in [0.5, 0.6) is 0 Å². The van der Waals surface area contributed by atoms with E-state index in [-0.39, 0.29) is 5.78 Å². The standard InChI is InChI=1S/C18H21N3O5/c22-11-5-7-20(8-6-11)10-1-2-12-13(9-10)18(26)21(17(12)25)14-3-4-15(23)19-16(14)24/h1-2,9,14-16,19,23-24H,3-8H2. The zero-order valence-corrected chi connectivity index (χ0v) is 14.2. The van der Waals surface area contributed by atoms with Crippen molar-refractivity contribution in [3.05, 3.63) is 29.3 Å². The first-order valence-corrected chi connectivity index (χ1v) is 8.86. The van der Waals surface area contributed by atoms with Gasteiger partial charge in [0.25, 0.3) is 11.8 Å². The Kier molecular flexibility index (Phi) is 4.26. The molecule has 3 N–H and O–H groups in total. The van der Waals surface area contributed by atoms with Crippen molar-refractivity contribution in [3.8, 4) is 0 Å². The number of carbonyl (C=O) groups excluding carboxylic acids is 3. The third-order valence-electron chi connectivity index (χ3n) is 5.38. The number of carbonyl (C=O) groups is 3. The third kappa shape index (κ3) is 2.80. The third-order valence-corrected chi connectivity index (χ3v) is 5.38. The van der Waals surface area contributed by atoms with Gasteiger partial charge in [0.05, 0.1) is 17.2 Å². The lowest BCUT2D eigenvalue weighted by Gasteiger charge is -2.36. The van der Waals surface area contributed by atoms with Gasteiger partial charge in [0, 0.05) is 31.6 Å². The number of nitrogens with one attached hydrogen (secondary N) is 1. The molecule has 1 aromatic carbocycles. The molecule has 138 valence electrons. The molecule has 1 aromatic rings. The fourth-order valence-electron chi connectivity index (χ4n) is 3.91. The Labute approximate surface area is 150 Å². The van der Waals surface area contributed by atoms with E-state index in [0.717, 1.165) is 10.6 Å². The van der Waals surface area contributed by atoms with E-state index in [9.17, 15) is 24.6 Å². The van der Waals surface area contributed by atoms with Gasteiger partial charge >= 0.3 is 0 Å². The average Bonchev–Trinajstić information content (AvgIpc) is 2.87. The highest BCUT2D eigenvalue weighted by molar-refractivity contribution is 6.22. The molecule has 0 saturated carbocycles. The van der Waals surface area contributed by atoms with E-state index in [1.165, 1.54) is 0 Å². The zero-order valence-electron chi connectivity index (χ0n) is 14.2. The summed E-state index contributed by atoms with van der Waals surface area (Å²) in [7, 11) is 0. The largest absolute Gasteiger partial charge is 0.379 e. The van der Waals surface area contributed by atoms with Gasteiger partial charge in [0.15, 0.2) is 0 Å². The summed E-state index contributed by atoms with van der Waals surface area (Å²) in [5.41, 5.74) is 1.46. The number of hydrogen-bond acceptors (Lipinski definition) is 7. The molecular formula is C18H21N3O5. The summed E-state index contributed by atoms with van der Waals surface area (Å²) in [5, 5.41) is 22.3. The number of rotatable bonds is 2. The lowest BCUT2D eigenvalue weighted by atomic mass is 10.0. The Hall–Kier alpha value is -2.29. The molecular weight excluding hydrogens is 338 g/mol. The van der Waals surface area contributed by atoms with Gasteiger partial charge in [-0.3, -0.25) is 24.6 Å². The molecule has 3 aliphatic heterocycles. The Morgan fingerprint density at radius 3 is 2.35 bits per heavy atom. The Bertz CT molecular complexity index is 770. The summed E-state index contributed by atoms with van der Waals surface area (Å²) < 4.78 is 0. The summed E-state index contributed by atoms with van der Waals surface area (Å²) in [6.07, 6.45) is -0.348. The van der Waals surface area contributed by atoms with Crippen molar-refractivity contribution in [1.29, 1.82) is 0 Å². The van der Waals surface area contributed by atoms with E-state index < -0.39 is 30.3 Å². The van der Waals surface area contributed by atoms with Gasteiger partial charge in [-0.25, -0.2) is 0 Å². The van der Waals surface area contributed by atoms with Crippen molar-refractivity contribution in [1.82, 2.24) is 10.2 Å². The molecule has 26 heavy (non-hydrogen) atoms. The lowest BCUT2D eigenvalue weighted by molar-refractivity contribution is -0.119. The molecule has 8 nitrogen and oxygen atoms in total. The van der Waals surface area contributed by atoms with Gasteiger partial charge in [-0.15, -0.1) is 0 Å². The molecule has 8 heteroatoms. The first-order valence-electron chi connectivity index (χ1n) is 8.86. The predicted octanol–water partition coefficient (Wildman–Crippen LogP) is -0.159. The number of hydrogen-bond donors (Lipinski definition) is 3. The fourth-order valence-corrected chi connectivity index (χ4v) is 3.91. The Morgan fingerprint density at radius 2 is 1.65 bits per heavy atom. The van der Waals surface area contributed by atoms with Crippen LogP contribution in [0.2, 0.25) is 0 Å². The number of benzene rings is 1. The number of Topliss-reactive ketones (excluding diaryl/α,β-unsaturated/α-hetero) is 1. The van der Waals surface area contributed by atoms with E-state index in [2.05, 4.69) is 5.32 Å². The molecule has 3 heterocycles. The smallest absolute Gasteiger partial charge is 0.262 e. The van der Waals surface area contributed by atoms with Crippen LogP contribution in [0.25, 0.3) is 0 Å². The molecule has 2 fully saturated rings. The number of aliphatic hydroxyl groups is 2. The van der Waals surface area contributed by atoms with Crippen LogP contribution < -0.4 is 10.2 Å². The van der Waals surface area contributed by atoms with Crippen molar-refractivity contribution in [2.75, 3.05) is 18.0 Å². The van der Waals surface area contributed by atoms with Crippen LogP contribution in [0, 0.1) is 0 Å². The molecule has 0 spiro atoms. The van der Waals surface area contributed by atoms with Gasteiger partial charge in [-0.2, -0.15) is 0 Å².